The van der Waals surface area contributed by atoms with E-state index in [0.29, 0.717) is 22.9 Å². The molecule has 0 aromatic heterocycles. The summed E-state index contributed by atoms with van der Waals surface area (Å²) in [5, 5.41) is 4.03. The number of carbonyl (C=O) groups is 1. The van der Waals surface area contributed by atoms with Crippen LogP contribution >= 0.6 is 35.6 Å². The molecule has 0 heterocycles. The molecule has 0 saturated heterocycles. The van der Waals surface area contributed by atoms with Crippen LogP contribution in [-0.4, -0.2) is 11.9 Å². The third kappa shape index (κ3) is 6.48. The van der Waals surface area contributed by atoms with Gasteiger partial charge in [0, 0.05) is 22.5 Å². The first-order valence-corrected chi connectivity index (χ1v) is 6.65. The summed E-state index contributed by atoms with van der Waals surface area (Å²) in [5.74, 6) is -0.0224. The highest BCUT2D eigenvalue weighted by molar-refractivity contribution is 6.35. The molecule has 1 rings (SSSR count). The summed E-state index contributed by atoms with van der Waals surface area (Å²) in [5.41, 5.74) is 6.46. The maximum absolute atomic E-state index is 11.7. The third-order valence-electron chi connectivity index (χ3n) is 2.63. The van der Waals surface area contributed by atoms with Crippen LogP contribution in [0.4, 0.5) is 0 Å². The standard InChI is InChI=1S/C13H18Cl2N2O.ClH/c1-8(16)3-6-13(18)17-9(2)11-5-4-10(14)7-12(11)15;/h4-5,7-9H,3,6,16H2,1-2H3,(H,17,18);1H. The van der Waals surface area contributed by atoms with Crippen molar-refractivity contribution in [1.82, 2.24) is 5.32 Å². The van der Waals surface area contributed by atoms with Crippen molar-refractivity contribution in [2.24, 2.45) is 5.73 Å². The topological polar surface area (TPSA) is 55.1 Å². The van der Waals surface area contributed by atoms with E-state index in [4.69, 9.17) is 28.9 Å². The van der Waals surface area contributed by atoms with Gasteiger partial charge in [-0.05, 0) is 38.0 Å². The number of halogens is 3. The largest absolute Gasteiger partial charge is 0.350 e. The number of nitrogens with two attached hydrogens (primary N) is 1. The molecule has 1 aromatic carbocycles. The van der Waals surface area contributed by atoms with Gasteiger partial charge >= 0.3 is 0 Å². The minimum absolute atomic E-state index is 0. The van der Waals surface area contributed by atoms with Crippen molar-refractivity contribution in [1.29, 1.82) is 0 Å². The van der Waals surface area contributed by atoms with Crippen molar-refractivity contribution >= 4 is 41.5 Å². The zero-order valence-corrected chi connectivity index (χ0v) is 13.3. The van der Waals surface area contributed by atoms with Crippen molar-refractivity contribution in [3.8, 4) is 0 Å². The smallest absolute Gasteiger partial charge is 0.220 e. The monoisotopic (exact) mass is 324 g/mol. The fraction of sp³-hybridized carbons (Fsp3) is 0.462. The fourth-order valence-electron chi connectivity index (χ4n) is 1.60. The highest BCUT2D eigenvalue weighted by atomic mass is 35.5. The third-order valence-corrected chi connectivity index (χ3v) is 3.20. The quantitative estimate of drug-likeness (QED) is 0.867. The molecular formula is C13H19Cl3N2O. The second kappa shape index (κ2) is 8.64. The van der Waals surface area contributed by atoms with Crippen LogP contribution in [0.15, 0.2) is 18.2 Å². The Morgan fingerprint density at radius 1 is 1.37 bits per heavy atom. The number of hydrogen-bond donors (Lipinski definition) is 2. The molecule has 3 nitrogen and oxygen atoms in total. The Hall–Kier alpha value is -0.480. The van der Waals surface area contributed by atoms with Gasteiger partial charge in [-0.15, -0.1) is 12.4 Å². The molecule has 19 heavy (non-hydrogen) atoms. The van der Waals surface area contributed by atoms with E-state index < -0.39 is 0 Å². The predicted octanol–water partition coefficient (Wildman–Crippen LogP) is 3.72. The predicted molar refractivity (Wildman–Crippen MR) is 83.2 cm³/mol. The minimum Gasteiger partial charge on any atom is -0.350 e. The number of carbonyl (C=O) groups excluding carboxylic acids is 1. The zero-order chi connectivity index (χ0) is 13.7. The summed E-state index contributed by atoms with van der Waals surface area (Å²) in [6, 6.07) is 5.14. The second-order valence-electron chi connectivity index (χ2n) is 4.47. The first-order chi connectivity index (χ1) is 8.40. The van der Waals surface area contributed by atoms with Gasteiger partial charge < -0.3 is 11.1 Å². The minimum atomic E-state index is -0.143. The molecule has 0 fully saturated rings. The zero-order valence-electron chi connectivity index (χ0n) is 11.0. The molecule has 2 unspecified atom stereocenters. The lowest BCUT2D eigenvalue weighted by atomic mass is 10.1. The molecule has 0 radical (unpaired) electrons. The molecule has 0 aliphatic heterocycles. The summed E-state index contributed by atoms with van der Waals surface area (Å²) >= 11 is 11.9. The molecule has 0 saturated carbocycles. The van der Waals surface area contributed by atoms with E-state index >= 15 is 0 Å². The van der Waals surface area contributed by atoms with E-state index in [1.165, 1.54) is 0 Å². The lowest BCUT2D eigenvalue weighted by Gasteiger charge is -2.16. The molecule has 0 aliphatic rings. The maximum Gasteiger partial charge on any atom is 0.220 e. The van der Waals surface area contributed by atoms with Crippen molar-refractivity contribution in [2.75, 3.05) is 0 Å². The average Bonchev–Trinajstić information content (AvgIpc) is 2.26. The summed E-state index contributed by atoms with van der Waals surface area (Å²) in [4.78, 5) is 11.7. The van der Waals surface area contributed by atoms with Gasteiger partial charge in [-0.2, -0.15) is 0 Å². The summed E-state index contributed by atoms with van der Waals surface area (Å²) in [6.07, 6.45) is 1.10. The van der Waals surface area contributed by atoms with Gasteiger partial charge in [0.2, 0.25) is 5.91 Å². The van der Waals surface area contributed by atoms with Crippen LogP contribution in [0, 0.1) is 0 Å². The Morgan fingerprint density at radius 2 is 2.00 bits per heavy atom. The van der Waals surface area contributed by atoms with E-state index in [2.05, 4.69) is 5.32 Å². The van der Waals surface area contributed by atoms with Gasteiger partial charge in [-0.1, -0.05) is 29.3 Å². The van der Waals surface area contributed by atoms with Crippen LogP contribution in [0.5, 0.6) is 0 Å². The van der Waals surface area contributed by atoms with E-state index in [9.17, 15) is 4.79 Å². The number of rotatable bonds is 5. The van der Waals surface area contributed by atoms with Crippen LogP contribution in [0.1, 0.15) is 38.3 Å². The number of benzene rings is 1. The average molecular weight is 326 g/mol. The van der Waals surface area contributed by atoms with Crippen molar-refractivity contribution in [2.45, 2.75) is 38.8 Å². The van der Waals surface area contributed by atoms with Crippen LogP contribution in [-0.2, 0) is 4.79 Å². The summed E-state index contributed by atoms with van der Waals surface area (Å²) in [6.45, 7) is 3.77. The molecule has 108 valence electrons. The van der Waals surface area contributed by atoms with Crippen LogP contribution in [0.25, 0.3) is 0 Å². The highest BCUT2D eigenvalue weighted by Crippen LogP contribution is 2.26. The summed E-state index contributed by atoms with van der Waals surface area (Å²) in [7, 11) is 0. The normalized spacial score (nSPS) is 13.3. The molecule has 3 N–H and O–H groups in total. The molecule has 2 atom stereocenters. The first kappa shape index (κ1) is 18.5. The van der Waals surface area contributed by atoms with E-state index in [-0.39, 0.29) is 30.4 Å². The maximum atomic E-state index is 11.7. The van der Waals surface area contributed by atoms with Crippen molar-refractivity contribution in [3.63, 3.8) is 0 Å². The number of nitrogens with one attached hydrogen (secondary N) is 1. The number of amides is 1. The Kier molecular flexibility index (Phi) is 8.42. The van der Waals surface area contributed by atoms with Crippen LogP contribution in [0.3, 0.4) is 0 Å². The SMILES string of the molecule is CC(N)CCC(=O)NC(C)c1ccc(Cl)cc1Cl.Cl. The molecule has 6 heteroatoms. The van der Waals surface area contributed by atoms with Gasteiger partial charge in [-0.25, -0.2) is 0 Å². The molecule has 0 aliphatic carbocycles. The second-order valence-corrected chi connectivity index (χ2v) is 5.31. The first-order valence-electron chi connectivity index (χ1n) is 5.90. The van der Waals surface area contributed by atoms with Gasteiger partial charge in [-0.3, -0.25) is 4.79 Å². The van der Waals surface area contributed by atoms with Gasteiger partial charge in [0.1, 0.15) is 0 Å². The Labute approximate surface area is 130 Å². The van der Waals surface area contributed by atoms with E-state index in [1.807, 2.05) is 19.9 Å². The number of hydrogen-bond acceptors (Lipinski definition) is 2. The van der Waals surface area contributed by atoms with Crippen LogP contribution < -0.4 is 11.1 Å². The molecule has 0 bridgehead atoms. The van der Waals surface area contributed by atoms with Crippen molar-refractivity contribution < 1.29 is 4.79 Å². The van der Waals surface area contributed by atoms with Gasteiger partial charge in [0.05, 0.1) is 6.04 Å². The molecule has 1 amide bonds. The van der Waals surface area contributed by atoms with Gasteiger partial charge in [0.25, 0.3) is 0 Å². The summed E-state index contributed by atoms with van der Waals surface area (Å²) < 4.78 is 0. The Morgan fingerprint density at radius 3 is 2.53 bits per heavy atom. The molecule has 0 spiro atoms. The Balaban J connectivity index is 0.00000324. The van der Waals surface area contributed by atoms with E-state index in [0.717, 1.165) is 5.56 Å². The highest BCUT2D eigenvalue weighted by Gasteiger charge is 2.13. The lowest BCUT2D eigenvalue weighted by Crippen LogP contribution is -2.28. The van der Waals surface area contributed by atoms with Crippen molar-refractivity contribution in [3.05, 3.63) is 33.8 Å². The van der Waals surface area contributed by atoms with E-state index in [1.54, 1.807) is 12.1 Å². The van der Waals surface area contributed by atoms with Gasteiger partial charge in [0.15, 0.2) is 0 Å². The fourth-order valence-corrected chi connectivity index (χ4v) is 2.17. The lowest BCUT2D eigenvalue weighted by molar-refractivity contribution is -0.121. The molecule has 1 aromatic rings. The molecular weight excluding hydrogens is 307 g/mol. The van der Waals surface area contributed by atoms with Crippen LogP contribution in [0.2, 0.25) is 10.0 Å². The Bertz CT molecular complexity index is 424.